The van der Waals surface area contributed by atoms with E-state index in [-0.39, 0.29) is 76.8 Å². The largest absolute Gasteiger partial charge is 0.478 e. The maximum atomic E-state index is 14.6. The van der Waals surface area contributed by atoms with Gasteiger partial charge in [0.05, 0.1) is 44.5 Å². The number of carboxylic acid groups (broad SMARTS) is 6. The minimum Gasteiger partial charge on any atom is -0.478 e. The first-order chi connectivity index (χ1) is 31.1. The molecule has 15 nitrogen and oxygen atoms in total. The van der Waals surface area contributed by atoms with E-state index >= 15 is 0 Å². The average molecular weight is 899 g/mol. The van der Waals surface area contributed by atoms with E-state index in [2.05, 4.69) is 0 Å². The van der Waals surface area contributed by atoms with E-state index in [1.54, 1.807) is 0 Å². The van der Waals surface area contributed by atoms with E-state index < -0.39 is 47.8 Å². The lowest BCUT2D eigenvalue weighted by atomic mass is 9.84. The van der Waals surface area contributed by atoms with Gasteiger partial charge in [0.2, 0.25) is 0 Å². The van der Waals surface area contributed by atoms with Gasteiger partial charge in [-0.2, -0.15) is 0 Å². The molecule has 0 saturated heterocycles. The Hall–Kier alpha value is -8.80. The molecular formula is C48H18O15S2. The number of fused-ring (bicyclic) bond motifs is 2. The van der Waals surface area contributed by atoms with E-state index in [9.17, 15) is 69.0 Å². The summed E-state index contributed by atoms with van der Waals surface area (Å²) in [4.78, 5) is 105. The summed E-state index contributed by atoms with van der Waals surface area (Å²) >= 11 is 2.12. The molecule has 0 atom stereocenters. The van der Waals surface area contributed by atoms with E-state index in [1.807, 2.05) is 0 Å². The fraction of sp³-hybridized carbons (Fsp3) is 0. The zero-order valence-corrected chi connectivity index (χ0v) is 33.7. The van der Waals surface area contributed by atoms with E-state index in [4.69, 9.17) is 4.74 Å². The van der Waals surface area contributed by atoms with Crippen LogP contribution in [0, 0.1) is 0 Å². The highest BCUT2D eigenvalue weighted by Crippen LogP contribution is 2.53. The summed E-state index contributed by atoms with van der Waals surface area (Å²) in [7, 11) is 0. The van der Waals surface area contributed by atoms with Crippen molar-refractivity contribution in [2.45, 2.75) is 0 Å². The molecule has 12 aromatic rings. The number of hydrogen-bond donors (Lipinski definition) is 6. The number of carbonyl (C=O) groups excluding carboxylic acids is 2. The molecule has 10 aromatic carbocycles. The molecule has 312 valence electrons. The highest BCUT2D eigenvalue weighted by atomic mass is 32.1. The highest BCUT2D eigenvalue weighted by molar-refractivity contribution is 7.26. The van der Waals surface area contributed by atoms with Crippen LogP contribution in [-0.2, 0) is 4.74 Å². The van der Waals surface area contributed by atoms with Crippen LogP contribution in [0.25, 0.3) is 105 Å². The first-order valence-corrected chi connectivity index (χ1v) is 20.8. The molecule has 0 bridgehead atoms. The van der Waals surface area contributed by atoms with Crippen molar-refractivity contribution < 1.29 is 73.7 Å². The van der Waals surface area contributed by atoms with Gasteiger partial charge in [-0.3, -0.25) is 0 Å². The predicted octanol–water partition coefficient (Wildman–Crippen LogP) is 10.3. The molecule has 65 heavy (non-hydrogen) atoms. The summed E-state index contributed by atoms with van der Waals surface area (Å²) in [6.07, 6.45) is 0. The van der Waals surface area contributed by atoms with Gasteiger partial charge in [0, 0.05) is 83.4 Å². The van der Waals surface area contributed by atoms with Gasteiger partial charge < -0.3 is 35.4 Å². The third-order valence-electron chi connectivity index (χ3n) is 12.5. The highest BCUT2D eigenvalue weighted by Gasteiger charge is 2.33. The molecule has 0 amide bonds. The number of esters is 2. The minimum absolute atomic E-state index is 0.0310. The quantitative estimate of drug-likeness (QED) is 0.0358. The zero-order chi connectivity index (χ0) is 45.4. The number of ether oxygens (including phenoxy) is 1. The maximum absolute atomic E-state index is 14.6. The predicted molar refractivity (Wildman–Crippen MR) is 240 cm³/mol. The summed E-state index contributed by atoms with van der Waals surface area (Å²) in [5.74, 6) is -11.0. The van der Waals surface area contributed by atoms with Gasteiger partial charge in [-0.25, -0.2) is 38.4 Å². The van der Waals surface area contributed by atoms with Crippen LogP contribution in [0.5, 0.6) is 0 Å². The topological polar surface area (TPSA) is 267 Å². The standard InChI is InChI=1S/C48H18O15S2/c49-41(50)17-5-1-13-15-3-7-19(43(53)54)31-23(11-27-39(35(15)31)37-25(64-27)9-21(45(57)58)29(17)33(13)37)47(61)63-48(62)24-12-28-40-36-16(4-8-20(32(24)36)44(55)56)14-2-6-18(42(51)52)30-22(46(59)60)10-26(65-28)38(40)34(14)30/h1-12H,(H,49,50)(H,51,52)(H,53,54)(H,55,56)(H,57,58)(H,59,60). The van der Waals surface area contributed by atoms with Crippen LogP contribution in [0.3, 0.4) is 0 Å². The number of aromatic carboxylic acids is 6. The summed E-state index contributed by atoms with van der Waals surface area (Å²) in [5.41, 5.74) is -2.48. The molecule has 17 heteroatoms. The Morgan fingerprint density at radius 2 is 0.523 bits per heavy atom. The molecule has 0 unspecified atom stereocenters. The third-order valence-corrected chi connectivity index (χ3v) is 14.7. The molecule has 2 aromatic heterocycles. The van der Waals surface area contributed by atoms with Crippen LogP contribution < -0.4 is 0 Å². The molecule has 2 heterocycles. The number of carboxylic acids is 6. The van der Waals surface area contributed by atoms with Crippen LogP contribution >= 0.6 is 22.7 Å². The molecular weight excluding hydrogens is 881 g/mol. The Bertz CT molecular complexity index is 4050. The Labute approximate surface area is 365 Å². The van der Waals surface area contributed by atoms with E-state index in [1.165, 1.54) is 72.8 Å². The fourth-order valence-electron chi connectivity index (χ4n) is 10.2. The number of benzene rings is 10. The van der Waals surface area contributed by atoms with E-state index in [0.717, 1.165) is 22.7 Å². The molecule has 6 N–H and O–H groups in total. The summed E-state index contributed by atoms with van der Waals surface area (Å²) < 4.78 is 7.15. The monoisotopic (exact) mass is 898 g/mol. The van der Waals surface area contributed by atoms with Gasteiger partial charge in [-0.1, -0.05) is 24.3 Å². The summed E-state index contributed by atoms with van der Waals surface area (Å²) in [6.45, 7) is 0. The van der Waals surface area contributed by atoms with Gasteiger partial charge in [0.15, 0.2) is 0 Å². The summed E-state index contributed by atoms with van der Waals surface area (Å²) in [6, 6.07) is 16.2. The lowest BCUT2D eigenvalue weighted by Gasteiger charge is -2.19. The van der Waals surface area contributed by atoms with Crippen LogP contribution in [0.15, 0.2) is 72.8 Å². The fourth-order valence-corrected chi connectivity index (χ4v) is 12.6. The Morgan fingerprint density at radius 1 is 0.292 bits per heavy atom. The average Bonchev–Trinajstić information content (AvgIpc) is 3.84. The second-order valence-electron chi connectivity index (χ2n) is 15.5. The molecule has 0 saturated carbocycles. The molecule has 0 spiro atoms. The first-order valence-electron chi connectivity index (χ1n) is 19.2. The number of carbonyl (C=O) groups is 8. The second kappa shape index (κ2) is 12.4. The van der Waals surface area contributed by atoms with Gasteiger partial charge in [0.25, 0.3) is 0 Å². The van der Waals surface area contributed by atoms with Gasteiger partial charge in [-0.15, -0.1) is 22.7 Å². The second-order valence-corrected chi connectivity index (χ2v) is 17.7. The first kappa shape index (κ1) is 37.9. The van der Waals surface area contributed by atoms with Gasteiger partial charge in [0.1, 0.15) is 0 Å². The SMILES string of the molecule is O=C(O)c1ccc2c3ccc(C(=O)O)c4c(C(=O)OC(=O)c5cc6sc7cc(C(=O)O)c8c(C(=O)O)ccc9c%10ccc(C(=O)O)c5c%10c6c7c89)cc5sc6cc(C(=O)O)c1c2c6c5c43. The van der Waals surface area contributed by atoms with Crippen LogP contribution in [0.4, 0.5) is 0 Å². The van der Waals surface area contributed by atoms with Crippen molar-refractivity contribution in [2.75, 3.05) is 0 Å². The van der Waals surface area contributed by atoms with Crippen molar-refractivity contribution in [2.24, 2.45) is 0 Å². The lowest BCUT2D eigenvalue weighted by Crippen LogP contribution is -2.16. The maximum Gasteiger partial charge on any atom is 0.346 e. The third kappa shape index (κ3) is 4.65. The number of thiophene rings is 2. The normalized spacial score (nSPS) is 12.2. The Morgan fingerprint density at radius 3 is 0.769 bits per heavy atom. The molecule has 0 aliphatic carbocycles. The lowest BCUT2D eigenvalue weighted by molar-refractivity contribution is 0.0398. The minimum atomic E-state index is -1.44. The van der Waals surface area contributed by atoms with Crippen molar-refractivity contribution in [3.8, 4) is 0 Å². The molecule has 12 rings (SSSR count). The Balaban J connectivity index is 1.11. The Kier molecular flexibility index (Phi) is 7.25. The van der Waals surface area contributed by atoms with Crippen molar-refractivity contribution in [3.63, 3.8) is 0 Å². The van der Waals surface area contributed by atoms with E-state index in [0.29, 0.717) is 72.7 Å². The number of hydrogen-bond acceptors (Lipinski definition) is 11. The van der Waals surface area contributed by atoms with Crippen molar-refractivity contribution in [1.29, 1.82) is 0 Å². The molecule has 0 aliphatic heterocycles. The molecule has 0 radical (unpaired) electrons. The van der Waals surface area contributed by atoms with Crippen molar-refractivity contribution in [1.82, 2.24) is 0 Å². The molecule has 0 aliphatic rings. The summed E-state index contributed by atoms with van der Waals surface area (Å²) in [5, 5.41) is 65.9. The van der Waals surface area contributed by atoms with Gasteiger partial charge in [-0.05, 0) is 70.1 Å². The smallest absolute Gasteiger partial charge is 0.346 e. The van der Waals surface area contributed by atoms with Crippen molar-refractivity contribution in [3.05, 3.63) is 117 Å². The van der Waals surface area contributed by atoms with Crippen LogP contribution in [0.2, 0.25) is 0 Å². The van der Waals surface area contributed by atoms with Crippen LogP contribution in [-0.4, -0.2) is 78.4 Å². The number of rotatable bonds is 8. The van der Waals surface area contributed by atoms with Crippen LogP contribution in [0.1, 0.15) is 82.9 Å². The van der Waals surface area contributed by atoms with Gasteiger partial charge >= 0.3 is 47.8 Å². The zero-order valence-electron chi connectivity index (χ0n) is 32.1. The molecule has 0 fully saturated rings. The van der Waals surface area contributed by atoms with Crippen molar-refractivity contribution >= 4 is 175 Å².